The third-order valence-electron chi connectivity index (χ3n) is 2.75. The number of benzene rings is 1. The molecule has 18 heavy (non-hydrogen) atoms. The van der Waals surface area contributed by atoms with E-state index in [1.807, 2.05) is 0 Å². The second-order valence-corrected chi connectivity index (χ2v) is 7.42. The Labute approximate surface area is 113 Å². The summed E-state index contributed by atoms with van der Waals surface area (Å²) in [5.41, 5.74) is 0.775. The van der Waals surface area contributed by atoms with E-state index in [4.69, 9.17) is 5.11 Å². The van der Waals surface area contributed by atoms with Gasteiger partial charge in [-0.1, -0.05) is 15.9 Å². The summed E-state index contributed by atoms with van der Waals surface area (Å²) >= 11 is 3.23. The molecular weight excluding hydrogens is 322 g/mol. The van der Waals surface area contributed by atoms with Crippen molar-refractivity contribution < 1.29 is 18.3 Å². The van der Waals surface area contributed by atoms with Crippen LogP contribution in [0.1, 0.15) is 16.8 Å². The van der Waals surface area contributed by atoms with Crippen molar-refractivity contribution in [2.75, 3.05) is 16.8 Å². The quantitative estimate of drug-likeness (QED) is 0.880. The minimum atomic E-state index is -2.94. The predicted octanol–water partition coefficient (Wildman–Crippen LogP) is 1.75. The van der Waals surface area contributed by atoms with Gasteiger partial charge in [0.2, 0.25) is 0 Å². The van der Waals surface area contributed by atoms with Crippen molar-refractivity contribution in [3.05, 3.63) is 28.2 Å². The zero-order valence-electron chi connectivity index (χ0n) is 9.39. The number of sulfone groups is 1. The maximum Gasteiger partial charge on any atom is 0.335 e. The minimum absolute atomic E-state index is 0.0991. The van der Waals surface area contributed by atoms with Gasteiger partial charge in [-0.15, -0.1) is 0 Å². The highest BCUT2D eigenvalue weighted by Gasteiger charge is 2.27. The molecule has 2 N–H and O–H groups in total. The van der Waals surface area contributed by atoms with E-state index in [1.54, 1.807) is 6.07 Å². The van der Waals surface area contributed by atoms with Crippen molar-refractivity contribution in [1.29, 1.82) is 0 Å². The molecule has 0 amide bonds. The highest BCUT2D eigenvalue weighted by atomic mass is 79.9. The molecule has 0 aliphatic carbocycles. The van der Waals surface area contributed by atoms with Gasteiger partial charge < -0.3 is 10.4 Å². The lowest BCUT2D eigenvalue weighted by Gasteiger charge is -2.13. The van der Waals surface area contributed by atoms with Gasteiger partial charge in [0.05, 0.1) is 17.1 Å². The van der Waals surface area contributed by atoms with Crippen LogP contribution in [0.25, 0.3) is 0 Å². The van der Waals surface area contributed by atoms with Crippen LogP contribution in [0, 0.1) is 0 Å². The summed E-state index contributed by atoms with van der Waals surface area (Å²) in [6.45, 7) is 0. The third kappa shape index (κ3) is 3.23. The molecule has 5 nitrogen and oxygen atoms in total. The molecule has 1 unspecified atom stereocenters. The number of rotatable bonds is 3. The van der Waals surface area contributed by atoms with E-state index in [9.17, 15) is 13.2 Å². The number of carbonyl (C=O) groups is 1. The second kappa shape index (κ2) is 4.89. The Morgan fingerprint density at radius 2 is 2.11 bits per heavy atom. The van der Waals surface area contributed by atoms with E-state index in [-0.39, 0.29) is 23.1 Å². The molecule has 0 spiro atoms. The highest BCUT2D eigenvalue weighted by Crippen LogP contribution is 2.23. The van der Waals surface area contributed by atoms with Crippen LogP contribution in [-0.4, -0.2) is 37.0 Å². The average Bonchev–Trinajstić information content (AvgIpc) is 2.57. The van der Waals surface area contributed by atoms with Crippen molar-refractivity contribution in [2.45, 2.75) is 12.5 Å². The van der Waals surface area contributed by atoms with Gasteiger partial charge in [-0.05, 0) is 24.6 Å². The Hall–Kier alpha value is -1.08. The topological polar surface area (TPSA) is 83.5 Å². The number of nitrogens with one attached hydrogen (secondary N) is 1. The molecule has 1 aromatic carbocycles. The summed E-state index contributed by atoms with van der Waals surface area (Å²) in [5.74, 6) is -0.731. The van der Waals surface area contributed by atoms with Crippen molar-refractivity contribution in [3.63, 3.8) is 0 Å². The monoisotopic (exact) mass is 333 g/mol. The predicted molar refractivity (Wildman–Crippen MR) is 71.8 cm³/mol. The van der Waals surface area contributed by atoms with Crippen LogP contribution in [0.3, 0.4) is 0 Å². The molecule has 2 rings (SSSR count). The largest absolute Gasteiger partial charge is 0.478 e. The van der Waals surface area contributed by atoms with Crippen LogP contribution in [0.15, 0.2) is 22.7 Å². The fraction of sp³-hybridized carbons (Fsp3) is 0.364. The highest BCUT2D eigenvalue weighted by molar-refractivity contribution is 9.10. The molecule has 98 valence electrons. The number of aromatic carboxylic acids is 1. The van der Waals surface area contributed by atoms with Crippen molar-refractivity contribution >= 4 is 37.4 Å². The van der Waals surface area contributed by atoms with Gasteiger partial charge in [0.1, 0.15) is 0 Å². The van der Waals surface area contributed by atoms with Crippen molar-refractivity contribution in [1.82, 2.24) is 0 Å². The third-order valence-corrected chi connectivity index (χ3v) is 4.97. The zero-order chi connectivity index (χ0) is 13.3. The summed E-state index contributed by atoms with van der Waals surface area (Å²) in [4.78, 5) is 10.9. The van der Waals surface area contributed by atoms with Crippen LogP contribution < -0.4 is 5.32 Å². The minimum Gasteiger partial charge on any atom is -0.478 e. The Balaban J connectivity index is 2.17. The van der Waals surface area contributed by atoms with E-state index >= 15 is 0 Å². The SMILES string of the molecule is O=C(O)c1cc(Br)cc(NC2CCS(=O)(=O)C2)c1. The standard InChI is InChI=1S/C11H12BrNO4S/c12-8-3-7(11(14)15)4-10(5-8)13-9-1-2-18(16,17)6-9/h3-5,9,13H,1-2,6H2,(H,14,15). The van der Waals surface area contributed by atoms with Crippen LogP contribution >= 0.6 is 15.9 Å². The fourth-order valence-corrected chi connectivity index (χ4v) is 4.11. The van der Waals surface area contributed by atoms with E-state index < -0.39 is 15.8 Å². The first-order valence-electron chi connectivity index (χ1n) is 5.36. The number of hydrogen-bond acceptors (Lipinski definition) is 4. The normalized spacial score (nSPS) is 21.7. The number of carboxylic acid groups (broad SMARTS) is 1. The fourth-order valence-electron chi connectivity index (χ4n) is 1.94. The van der Waals surface area contributed by atoms with E-state index in [0.29, 0.717) is 16.6 Å². The Bertz CT molecular complexity index is 585. The first-order valence-corrected chi connectivity index (χ1v) is 7.98. The van der Waals surface area contributed by atoms with Crippen LogP contribution in [0.4, 0.5) is 5.69 Å². The van der Waals surface area contributed by atoms with Crippen LogP contribution in [0.5, 0.6) is 0 Å². The Morgan fingerprint density at radius 1 is 1.39 bits per heavy atom. The molecule has 1 aliphatic heterocycles. The summed E-state index contributed by atoms with van der Waals surface area (Å²) in [5, 5.41) is 12.0. The first kappa shape index (κ1) is 13.4. The van der Waals surface area contributed by atoms with Gasteiger partial charge in [0.15, 0.2) is 9.84 Å². The molecule has 7 heteroatoms. The Kier molecular flexibility index (Phi) is 3.63. The molecule has 1 aliphatic rings. The number of hydrogen-bond donors (Lipinski definition) is 2. The van der Waals surface area contributed by atoms with Gasteiger partial charge in [0.25, 0.3) is 0 Å². The lowest BCUT2D eigenvalue weighted by atomic mass is 10.2. The molecule has 0 bridgehead atoms. The molecule has 1 fully saturated rings. The summed E-state index contributed by atoms with van der Waals surface area (Å²) < 4.78 is 23.3. The molecule has 0 saturated carbocycles. The summed E-state index contributed by atoms with van der Waals surface area (Å²) in [6.07, 6.45) is 0.553. The average molecular weight is 334 g/mol. The molecule has 1 aromatic rings. The number of halogens is 1. The van der Waals surface area contributed by atoms with Crippen LogP contribution in [-0.2, 0) is 9.84 Å². The first-order chi connectivity index (χ1) is 8.35. The summed E-state index contributed by atoms with van der Waals surface area (Å²) in [7, 11) is -2.94. The van der Waals surface area contributed by atoms with E-state index in [1.165, 1.54) is 12.1 Å². The molecule has 0 radical (unpaired) electrons. The van der Waals surface area contributed by atoms with E-state index in [2.05, 4.69) is 21.2 Å². The molecular formula is C11H12BrNO4S. The lowest BCUT2D eigenvalue weighted by molar-refractivity contribution is 0.0697. The maximum atomic E-state index is 11.3. The molecule has 0 aromatic heterocycles. The molecule has 1 heterocycles. The molecule has 1 atom stereocenters. The van der Waals surface area contributed by atoms with Gasteiger partial charge in [-0.2, -0.15) is 0 Å². The van der Waals surface area contributed by atoms with Gasteiger partial charge in [-0.3, -0.25) is 0 Å². The van der Waals surface area contributed by atoms with Gasteiger partial charge >= 0.3 is 5.97 Å². The number of carboxylic acids is 1. The maximum absolute atomic E-state index is 11.3. The Morgan fingerprint density at radius 3 is 2.67 bits per heavy atom. The van der Waals surface area contributed by atoms with E-state index in [0.717, 1.165) is 0 Å². The smallest absolute Gasteiger partial charge is 0.335 e. The molecule has 1 saturated heterocycles. The zero-order valence-corrected chi connectivity index (χ0v) is 11.8. The van der Waals surface area contributed by atoms with Gasteiger partial charge in [0, 0.05) is 16.2 Å². The number of anilines is 1. The van der Waals surface area contributed by atoms with Crippen molar-refractivity contribution in [3.8, 4) is 0 Å². The lowest BCUT2D eigenvalue weighted by Crippen LogP contribution is -2.20. The van der Waals surface area contributed by atoms with Gasteiger partial charge in [-0.25, -0.2) is 13.2 Å². The second-order valence-electron chi connectivity index (χ2n) is 4.28. The summed E-state index contributed by atoms with van der Waals surface area (Å²) in [6, 6.07) is 4.58. The van der Waals surface area contributed by atoms with Crippen LogP contribution in [0.2, 0.25) is 0 Å². The van der Waals surface area contributed by atoms with Crippen molar-refractivity contribution in [2.24, 2.45) is 0 Å².